The van der Waals surface area contributed by atoms with Gasteiger partial charge in [-0.2, -0.15) is 10.2 Å². The highest BCUT2D eigenvalue weighted by Gasteiger charge is 1.97. The van der Waals surface area contributed by atoms with Crippen molar-refractivity contribution in [3.05, 3.63) is 90.0 Å². The first-order chi connectivity index (χ1) is 11.3. The van der Waals surface area contributed by atoms with Crippen molar-refractivity contribution < 1.29 is 0 Å². The minimum absolute atomic E-state index is 0.807. The molecule has 0 atom stereocenters. The maximum atomic E-state index is 5.70. The summed E-state index contributed by atoms with van der Waals surface area (Å²) < 4.78 is 0. The molecule has 0 bridgehead atoms. The monoisotopic (exact) mass is 301 g/mol. The first kappa shape index (κ1) is 15.0. The Morgan fingerprint density at radius 3 is 1.61 bits per heavy atom. The molecule has 23 heavy (non-hydrogen) atoms. The highest BCUT2D eigenvalue weighted by Crippen LogP contribution is 2.19. The van der Waals surface area contributed by atoms with Crippen LogP contribution in [0.25, 0.3) is 0 Å². The molecule has 0 amide bonds. The molecule has 0 fully saturated rings. The van der Waals surface area contributed by atoms with Crippen LogP contribution in [0.1, 0.15) is 11.1 Å². The van der Waals surface area contributed by atoms with E-state index in [9.17, 15) is 0 Å². The number of azo groups is 1. The van der Waals surface area contributed by atoms with E-state index in [4.69, 9.17) is 5.73 Å². The minimum atomic E-state index is 0.807. The second-order valence-electron chi connectivity index (χ2n) is 5.44. The quantitative estimate of drug-likeness (QED) is 0.493. The lowest BCUT2D eigenvalue weighted by atomic mass is 10.0. The van der Waals surface area contributed by atoms with Crippen LogP contribution in [0.5, 0.6) is 0 Å². The third-order valence-electron chi connectivity index (χ3n) is 3.66. The minimum Gasteiger partial charge on any atom is -0.399 e. The van der Waals surface area contributed by atoms with Gasteiger partial charge in [0.2, 0.25) is 0 Å². The summed E-state index contributed by atoms with van der Waals surface area (Å²) in [5.74, 6) is 0. The first-order valence-electron chi connectivity index (χ1n) is 7.70. The smallest absolute Gasteiger partial charge is 0.0857 e. The number of nitrogens with zero attached hydrogens (tertiary/aromatic N) is 2. The van der Waals surface area contributed by atoms with E-state index in [1.165, 1.54) is 11.1 Å². The molecule has 3 aromatic carbocycles. The molecule has 0 radical (unpaired) electrons. The van der Waals surface area contributed by atoms with Gasteiger partial charge in [0.1, 0.15) is 0 Å². The molecule has 3 nitrogen and oxygen atoms in total. The zero-order chi connectivity index (χ0) is 15.9. The van der Waals surface area contributed by atoms with Gasteiger partial charge in [-0.05, 0) is 60.4 Å². The predicted molar refractivity (Wildman–Crippen MR) is 95.3 cm³/mol. The van der Waals surface area contributed by atoms with Gasteiger partial charge in [-0.1, -0.05) is 42.5 Å². The van der Waals surface area contributed by atoms with Crippen LogP contribution in [-0.2, 0) is 12.8 Å². The van der Waals surface area contributed by atoms with Gasteiger partial charge in [-0.25, -0.2) is 0 Å². The van der Waals surface area contributed by atoms with Crippen LogP contribution in [-0.4, -0.2) is 0 Å². The Bertz CT molecular complexity index is 760. The van der Waals surface area contributed by atoms with Crippen molar-refractivity contribution in [1.29, 1.82) is 0 Å². The molecule has 0 saturated heterocycles. The number of hydrogen-bond donors (Lipinski definition) is 1. The van der Waals surface area contributed by atoms with Gasteiger partial charge >= 0.3 is 0 Å². The van der Waals surface area contributed by atoms with Gasteiger partial charge in [-0.3, -0.25) is 0 Å². The lowest BCUT2D eigenvalue weighted by Gasteiger charge is -2.03. The Hall–Kier alpha value is -2.94. The highest BCUT2D eigenvalue weighted by molar-refractivity contribution is 5.42. The van der Waals surface area contributed by atoms with E-state index in [0.717, 1.165) is 29.9 Å². The zero-order valence-corrected chi connectivity index (χ0v) is 12.9. The summed E-state index contributed by atoms with van der Waals surface area (Å²) in [5, 5.41) is 8.48. The Kier molecular flexibility index (Phi) is 4.79. The lowest BCUT2D eigenvalue weighted by molar-refractivity contribution is 0.960. The molecule has 0 aliphatic heterocycles. The Labute approximate surface area is 136 Å². The summed E-state index contributed by atoms with van der Waals surface area (Å²) in [6.45, 7) is 0. The highest BCUT2D eigenvalue weighted by atomic mass is 15.1. The number of hydrogen-bond acceptors (Lipinski definition) is 3. The number of nitrogens with two attached hydrogens (primary N) is 1. The zero-order valence-electron chi connectivity index (χ0n) is 12.9. The largest absolute Gasteiger partial charge is 0.399 e. The second kappa shape index (κ2) is 7.36. The lowest BCUT2D eigenvalue weighted by Crippen LogP contribution is -1.92. The fraction of sp³-hybridized carbons (Fsp3) is 0.100. The van der Waals surface area contributed by atoms with E-state index in [0.29, 0.717) is 0 Å². The van der Waals surface area contributed by atoms with Crippen LogP contribution < -0.4 is 5.73 Å². The van der Waals surface area contributed by atoms with Gasteiger partial charge in [0.15, 0.2) is 0 Å². The van der Waals surface area contributed by atoms with E-state index in [2.05, 4.69) is 34.5 Å². The van der Waals surface area contributed by atoms with Crippen LogP contribution in [0, 0.1) is 0 Å². The van der Waals surface area contributed by atoms with Crippen molar-refractivity contribution in [2.45, 2.75) is 12.8 Å². The van der Waals surface area contributed by atoms with Gasteiger partial charge < -0.3 is 5.73 Å². The van der Waals surface area contributed by atoms with Crippen molar-refractivity contribution in [3.8, 4) is 0 Å². The SMILES string of the molecule is Nc1ccc(CCc2ccc(/N=N/c3ccccc3)cc2)cc1. The average Bonchev–Trinajstić information content (AvgIpc) is 2.61. The van der Waals surface area contributed by atoms with Crippen LogP contribution in [0.2, 0.25) is 0 Å². The maximum absolute atomic E-state index is 5.70. The number of rotatable bonds is 5. The van der Waals surface area contributed by atoms with Crippen LogP contribution in [0.15, 0.2) is 89.1 Å². The molecule has 2 N–H and O–H groups in total. The fourth-order valence-corrected chi connectivity index (χ4v) is 2.31. The fourth-order valence-electron chi connectivity index (χ4n) is 2.31. The number of anilines is 1. The molecule has 3 heteroatoms. The normalized spacial score (nSPS) is 11.0. The molecule has 0 heterocycles. The molecular weight excluding hydrogens is 282 g/mol. The van der Waals surface area contributed by atoms with Crippen LogP contribution >= 0.6 is 0 Å². The molecule has 3 aromatic rings. The predicted octanol–water partition coefficient (Wildman–Crippen LogP) is 5.47. The van der Waals surface area contributed by atoms with Gasteiger partial charge in [0.25, 0.3) is 0 Å². The summed E-state index contributed by atoms with van der Waals surface area (Å²) in [6, 6.07) is 26.0. The number of nitrogen functional groups attached to an aromatic ring is 1. The van der Waals surface area contributed by atoms with Crippen molar-refractivity contribution in [2.24, 2.45) is 10.2 Å². The van der Waals surface area contributed by atoms with Crippen LogP contribution in [0.3, 0.4) is 0 Å². The standard InChI is InChI=1S/C20H19N3/c21-18-12-8-16(9-13-18)6-7-17-10-14-20(15-11-17)23-22-19-4-2-1-3-5-19/h1-5,8-15H,6-7,21H2/b23-22+. The molecule has 0 aliphatic rings. The summed E-state index contributed by atoms with van der Waals surface area (Å²) in [6.07, 6.45) is 2.01. The van der Waals surface area contributed by atoms with Gasteiger partial charge in [-0.15, -0.1) is 0 Å². The number of aryl methyl sites for hydroxylation is 2. The number of benzene rings is 3. The molecule has 3 rings (SSSR count). The van der Waals surface area contributed by atoms with Gasteiger partial charge in [0.05, 0.1) is 11.4 Å². The topological polar surface area (TPSA) is 50.7 Å². The molecule has 0 unspecified atom stereocenters. The molecule has 0 spiro atoms. The van der Waals surface area contributed by atoms with E-state index >= 15 is 0 Å². The maximum Gasteiger partial charge on any atom is 0.0857 e. The summed E-state index contributed by atoms with van der Waals surface area (Å²) >= 11 is 0. The Morgan fingerprint density at radius 2 is 1.04 bits per heavy atom. The summed E-state index contributed by atoms with van der Waals surface area (Å²) in [7, 11) is 0. The van der Waals surface area contributed by atoms with Crippen molar-refractivity contribution in [3.63, 3.8) is 0 Å². The summed E-state index contributed by atoms with van der Waals surface area (Å²) in [5.41, 5.74) is 10.8. The third-order valence-corrected chi connectivity index (χ3v) is 3.66. The Morgan fingerprint density at radius 1 is 0.565 bits per heavy atom. The van der Waals surface area contributed by atoms with E-state index in [-0.39, 0.29) is 0 Å². The van der Waals surface area contributed by atoms with E-state index in [1.54, 1.807) is 0 Å². The molecule has 0 aromatic heterocycles. The molecular formula is C20H19N3. The second-order valence-corrected chi connectivity index (χ2v) is 5.44. The van der Waals surface area contributed by atoms with Crippen molar-refractivity contribution >= 4 is 17.1 Å². The van der Waals surface area contributed by atoms with Crippen LogP contribution in [0.4, 0.5) is 17.1 Å². The van der Waals surface area contributed by atoms with Crippen molar-refractivity contribution in [2.75, 3.05) is 5.73 Å². The van der Waals surface area contributed by atoms with Crippen molar-refractivity contribution in [1.82, 2.24) is 0 Å². The first-order valence-corrected chi connectivity index (χ1v) is 7.70. The van der Waals surface area contributed by atoms with E-state index < -0.39 is 0 Å². The average molecular weight is 301 g/mol. The molecule has 114 valence electrons. The van der Waals surface area contributed by atoms with Gasteiger partial charge in [0, 0.05) is 5.69 Å². The summed E-state index contributed by atoms with van der Waals surface area (Å²) in [4.78, 5) is 0. The third kappa shape index (κ3) is 4.51. The Balaban J connectivity index is 1.58. The van der Waals surface area contributed by atoms with E-state index in [1.807, 2.05) is 54.6 Å². The molecule has 0 saturated carbocycles. The molecule has 0 aliphatic carbocycles.